The number of thioether (sulfide) groups is 1. The van der Waals surface area contributed by atoms with E-state index in [1.54, 1.807) is 27.6 Å². The third-order valence-corrected chi connectivity index (χ3v) is 9.61. The van der Waals surface area contributed by atoms with E-state index in [1.807, 2.05) is 57.3 Å². The fourth-order valence-electron chi connectivity index (χ4n) is 5.29. The first-order chi connectivity index (χ1) is 18.9. The van der Waals surface area contributed by atoms with Crippen LogP contribution in [0.1, 0.15) is 54.4 Å². The Bertz CT molecular complexity index is 1460. The number of para-hydroxylation sites is 1. The summed E-state index contributed by atoms with van der Waals surface area (Å²) in [5.41, 5.74) is 3.61. The van der Waals surface area contributed by atoms with Crippen molar-refractivity contribution in [1.82, 2.24) is 24.9 Å². The number of carbonyl (C=O) groups excluding carboxylic acids is 1. The first kappa shape index (κ1) is 27.7. The number of fused-ring (bicyclic) bond motifs is 2. The number of nitrogens with zero attached hydrogens (tertiary/aromatic N) is 5. The third kappa shape index (κ3) is 5.85. The van der Waals surface area contributed by atoms with E-state index in [4.69, 9.17) is 14.7 Å². The summed E-state index contributed by atoms with van der Waals surface area (Å²) >= 11 is 3.18. The van der Waals surface area contributed by atoms with Gasteiger partial charge in [0.1, 0.15) is 10.6 Å². The number of nitrogens with one attached hydrogen (secondary N) is 2. The quantitative estimate of drug-likeness (QED) is 0.194. The van der Waals surface area contributed by atoms with Gasteiger partial charge in [0.25, 0.3) is 0 Å². The number of aryl methyl sites for hydroxylation is 1. The van der Waals surface area contributed by atoms with Crippen LogP contribution in [0.15, 0.2) is 28.5 Å². The van der Waals surface area contributed by atoms with Crippen molar-refractivity contribution < 1.29 is 9.53 Å². The largest absolute Gasteiger partial charge is 0.461 e. The Morgan fingerprint density at radius 2 is 1.97 bits per heavy atom. The molecule has 208 valence electrons. The Hall–Kier alpha value is -2.89. The number of carbonyl (C=O) groups is 1. The van der Waals surface area contributed by atoms with Crippen molar-refractivity contribution in [3.05, 3.63) is 41.2 Å². The second-order valence-corrected chi connectivity index (χ2v) is 12.3. The van der Waals surface area contributed by atoms with E-state index in [9.17, 15) is 4.79 Å². The predicted octanol–water partition coefficient (Wildman–Crippen LogP) is 5.37. The summed E-state index contributed by atoms with van der Waals surface area (Å²) in [7, 11) is 4.04. The van der Waals surface area contributed by atoms with Gasteiger partial charge in [0.05, 0.1) is 22.0 Å². The fourth-order valence-corrected chi connectivity index (χ4v) is 7.23. The van der Waals surface area contributed by atoms with Crippen molar-refractivity contribution >= 4 is 56.6 Å². The van der Waals surface area contributed by atoms with E-state index in [0.717, 1.165) is 75.8 Å². The van der Waals surface area contributed by atoms with Gasteiger partial charge in [-0.2, -0.15) is 10.1 Å². The highest BCUT2D eigenvalue weighted by Crippen LogP contribution is 2.35. The van der Waals surface area contributed by atoms with Crippen LogP contribution < -0.4 is 15.5 Å². The number of anilines is 2. The summed E-state index contributed by atoms with van der Waals surface area (Å²) in [5, 5.41) is 13.0. The minimum atomic E-state index is -0.312. The Balaban J connectivity index is 1.17. The van der Waals surface area contributed by atoms with Gasteiger partial charge in [-0.25, -0.2) is 14.3 Å². The first-order valence-electron chi connectivity index (χ1n) is 13.5. The lowest BCUT2D eigenvalue weighted by molar-refractivity contribution is 0.0513. The minimum Gasteiger partial charge on any atom is -0.461 e. The number of thiazole rings is 1. The van der Waals surface area contributed by atoms with Crippen molar-refractivity contribution in [3.63, 3.8) is 0 Å². The van der Waals surface area contributed by atoms with Crippen molar-refractivity contribution in [2.24, 2.45) is 5.92 Å². The van der Waals surface area contributed by atoms with Crippen molar-refractivity contribution in [1.29, 1.82) is 0 Å². The van der Waals surface area contributed by atoms with Crippen LogP contribution >= 0.6 is 23.1 Å². The maximum atomic E-state index is 12.6. The van der Waals surface area contributed by atoms with Crippen LogP contribution in [-0.2, 0) is 11.3 Å². The van der Waals surface area contributed by atoms with E-state index in [2.05, 4.69) is 21.8 Å². The van der Waals surface area contributed by atoms with Crippen LogP contribution in [0.4, 0.5) is 11.8 Å². The van der Waals surface area contributed by atoms with Gasteiger partial charge in [-0.15, -0.1) is 23.1 Å². The molecule has 0 radical (unpaired) electrons. The van der Waals surface area contributed by atoms with Crippen LogP contribution in [0.5, 0.6) is 0 Å². The van der Waals surface area contributed by atoms with Gasteiger partial charge in [-0.1, -0.05) is 12.1 Å². The zero-order valence-corrected chi connectivity index (χ0v) is 24.9. The molecule has 0 aliphatic heterocycles. The highest BCUT2D eigenvalue weighted by molar-refractivity contribution is 8.00. The normalized spacial score (nSPS) is 17.6. The van der Waals surface area contributed by atoms with Crippen molar-refractivity contribution in [2.45, 2.75) is 56.3 Å². The molecule has 1 fully saturated rings. The summed E-state index contributed by atoms with van der Waals surface area (Å²) in [4.78, 5) is 25.2. The lowest BCUT2D eigenvalue weighted by Gasteiger charge is -2.29. The molecule has 1 saturated carbocycles. The molecule has 1 aliphatic carbocycles. The van der Waals surface area contributed by atoms with Gasteiger partial charge >= 0.3 is 5.97 Å². The second kappa shape index (κ2) is 12.1. The average molecular weight is 568 g/mol. The molecule has 3 heterocycles. The van der Waals surface area contributed by atoms with E-state index >= 15 is 0 Å². The summed E-state index contributed by atoms with van der Waals surface area (Å²) in [5.74, 6) is 1.97. The van der Waals surface area contributed by atoms with E-state index in [-0.39, 0.29) is 5.97 Å². The van der Waals surface area contributed by atoms with Crippen LogP contribution in [0.2, 0.25) is 0 Å². The molecule has 0 saturated heterocycles. The molecule has 5 rings (SSSR count). The molecule has 39 heavy (non-hydrogen) atoms. The van der Waals surface area contributed by atoms with Crippen LogP contribution in [-0.4, -0.2) is 65.1 Å². The van der Waals surface area contributed by atoms with E-state index in [1.165, 1.54) is 0 Å². The van der Waals surface area contributed by atoms with Gasteiger partial charge in [0, 0.05) is 37.6 Å². The molecular formula is C28H37N7O2S2. The maximum absolute atomic E-state index is 12.6. The molecule has 0 bridgehead atoms. The Kier molecular flexibility index (Phi) is 8.58. The van der Waals surface area contributed by atoms with E-state index in [0.29, 0.717) is 30.2 Å². The first-order valence-corrected chi connectivity index (χ1v) is 15.6. The Labute approximate surface area is 237 Å². The van der Waals surface area contributed by atoms with Crippen LogP contribution in [0.3, 0.4) is 0 Å². The molecule has 1 aliphatic rings. The van der Waals surface area contributed by atoms with Gasteiger partial charge in [0.2, 0.25) is 5.95 Å². The minimum absolute atomic E-state index is 0.312. The molecule has 1 aromatic carbocycles. The zero-order chi connectivity index (χ0) is 27.5. The number of rotatable bonds is 10. The standard InChI is InChI=1S/C28H37N7O2S2/c1-6-37-26(36)23-27(38-5)39-25-21(17(2)33-35(23)25)16-29-15-18-11-13-19(14-12-18)30-28-31-22-10-8-7-9-20(22)24(32-28)34(3)4/h7-10,18-19,29H,6,11-16H2,1-5H3,(H,30,31,32). The number of esters is 1. The Morgan fingerprint density at radius 3 is 2.69 bits per heavy atom. The second-order valence-electron chi connectivity index (χ2n) is 10.2. The van der Waals surface area contributed by atoms with Crippen LogP contribution in [0.25, 0.3) is 15.7 Å². The highest BCUT2D eigenvalue weighted by atomic mass is 32.2. The zero-order valence-electron chi connectivity index (χ0n) is 23.3. The third-order valence-electron chi connectivity index (χ3n) is 7.31. The van der Waals surface area contributed by atoms with Gasteiger partial charge in [0.15, 0.2) is 5.69 Å². The summed E-state index contributed by atoms with van der Waals surface area (Å²) in [6.07, 6.45) is 6.49. The number of hydrogen-bond donors (Lipinski definition) is 2. The van der Waals surface area contributed by atoms with Crippen LogP contribution in [0, 0.1) is 12.8 Å². The number of benzene rings is 1. The maximum Gasteiger partial charge on any atom is 0.359 e. The number of ether oxygens (including phenoxy) is 1. The van der Waals surface area contributed by atoms with Crippen molar-refractivity contribution in [3.8, 4) is 0 Å². The highest BCUT2D eigenvalue weighted by Gasteiger charge is 2.26. The smallest absolute Gasteiger partial charge is 0.359 e. The molecule has 0 spiro atoms. The molecule has 4 aromatic rings. The molecule has 0 atom stereocenters. The summed E-state index contributed by atoms with van der Waals surface area (Å²) < 4.78 is 8.00. The number of hydrogen-bond acceptors (Lipinski definition) is 10. The molecule has 3 aromatic heterocycles. The summed E-state index contributed by atoms with van der Waals surface area (Å²) in [6.45, 7) is 5.89. The fraction of sp³-hybridized carbons (Fsp3) is 0.500. The number of aromatic nitrogens is 4. The van der Waals surface area contributed by atoms with Crippen molar-refractivity contribution in [2.75, 3.05) is 43.7 Å². The molecule has 11 heteroatoms. The van der Waals surface area contributed by atoms with Gasteiger partial charge in [-0.3, -0.25) is 0 Å². The molecule has 0 unspecified atom stereocenters. The summed E-state index contributed by atoms with van der Waals surface area (Å²) in [6, 6.07) is 8.55. The van der Waals surface area contributed by atoms with E-state index < -0.39 is 0 Å². The Morgan fingerprint density at radius 1 is 1.21 bits per heavy atom. The molecule has 0 amide bonds. The molecular weight excluding hydrogens is 530 g/mol. The average Bonchev–Trinajstić information content (AvgIpc) is 3.43. The monoisotopic (exact) mass is 567 g/mol. The predicted molar refractivity (Wildman–Crippen MR) is 160 cm³/mol. The lowest BCUT2D eigenvalue weighted by atomic mass is 9.86. The van der Waals surface area contributed by atoms with Gasteiger partial charge in [-0.05, 0) is 70.4 Å². The topological polar surface area (TPSA) is 96.7 Å². The van der Waals surface area contributed by atoms with Gasteiger partial charge < -0.3 is 20.3 Å². The molecule has 9 nitrogen and oxygen atoms in total. The SMILES string of the molecule is CCOC(=O)c1c(SC)sc2c(CNCC3CCC(Nc4nc(N(C)C)c5ccccc5n4)CC3)c(C)nn12. The lowest BCUT2D eigenvalue weighted by Crippen LogP contribution is -2.31. The molecule has 2 N–H and O–H groups in total.